The fraction of sp³-hybridized carbons (Fsp3) is 0.300. The van der Waals surface area contributed by atoms with Crippen LogP contribution in [0.15, 0.2) is 23.0 Å². The Morgan fingerprint density at radius 2 is 2.07 bits per heavy atom. The molecule has 2 aromatic heterocycles. The number of ether oxygens (including phenoxy) is 2. The molecule has 0 N–H and O–H groups in total. The van der Waals surface area contributed by atoms with E-state index in [1.54, 1.807) is 16.7 Å². The van der Waals surface area contributed by atoms with Crippen molar-refractivity contribution in [1.82, 2.24) is 9.55 Å². The molecule has 0 unspecified atom stereocenters. The van der Waals surface area contributed by atoms with Gasteiger partial charge in [-0.25, -0.2) is 4.98 Å². The maximum atomic E-state index is 12.9. The molecule has 0 amide bonds. The van der Waals surface area contributed by atoms with Gasteiger partial charge in [0.1, 0.15) is 10.7 Å². The van der Waals surface area contributed by atoms with Crippen LogP contribution in [-0.2, 0) is 6.54 Å². The van der Waals surface area contributed by atoms with Crippen molar-refractivity contribution < 1.29 is 18.3 Å². The lowest BCUT2D eigenvalue weighted by molar-refractivity contribution is -0.0512. The molecule has 3 heterocycles. The Hall–Kier alpha value is -2.74. The first-order chi connectivity index (χ1) is 13.4. The first-order valence-electron chi connectivity index (χ1n) is 8.73. The molecule has 0 spiro atoms. The van der Waals surface area contributed by atoms with E-state index in [0.717, 1.165) is 26.4 Å². The number of aryl methyl sites for hydroxylation is 2. The van der Waals surface area contributed by atoms with E-state index in [1.165, 1.54) is 24.5 Å². The molecule has 0 atom stereocenters. The summed E-state index contributed by atoms with van der Waals surface area (Å²) >= 11 is 1.52. The third-order valence-electron chi connectivity index (χ3n) is 4.93. The molecule has 0 saturated carbocycles. The molecule has 3 aromatic rings. The van der Waals surface area contributed by atoms with Crippen LogP contribution in [0, 0.1) is 13.8 Å². The number of hydrogen-bond donors (Lipinski definition) is 0. The van der Waals surface area contributed by atoms with Gasteiger partial charge < -0.3 is 9.47 Å². The number of hydrogen-bond acceptors (Lipinski definition) is 5. The molecule has 0 saturated heterocycles. The van der Waals surface area contributed by atoms with E-state index in [9.17, 15) is 13.6 Å². The average molecular weight is 404 g/mol. The highest BCUT2D eigenvalue weighted by molar-refractivity contribution is 7.18. The molecular weight excluding hydrogens is 386 g/mol. The molecule has 0 aliphatic carbocycles. The minimum atomic E-state index is -2.92. The second-order valence-corrected chi connectivity index (χ2v) is 7.77. The predicted octanol–water partition coefficient (Wildman–Crippen LogP) is 4.63. The van der Waals surface area contributed by atoms with E-state index in [0.29, 0.717) is 24.2 Å². The van der Waals surface area contributed by atoms with Gasteiger partial charge in [-0.1, -0.05) is 6.07 Å². The molecule has 1 aliphatic heterocycles. The summed E-state index contributed by atoms with van der Waals surface area (Å²) in [6.07, 6.45) is 2.58. The molecule has 1 aromatic carbocycles. The van der Waals surface area contributed by atoms with Crippen molar-refractivity contribution in [3.8, 4) is 11.5 Å². The van der Waals surface area contributed by atoms with Gasteiger partial charge in [0.15, 0.2) is 11.5 Å². The highest BCUT2D eigenvalue weighted by Crippen LogP contribution is 2.34. The number of benzene rings is 1. The smallest absolute Gasteiger partial charge is 0.387 e. The van der Waals surface area contributed by atoms with Crippen LogP contribution in [0.25, 0.3) is 21.9 Å². The van der Waals surface area contributed by atoms with Crippen molar-refractivity contribution in [2.75, 3.05) is 7.11 Å². The quantitative estimate of drug-likeness (QED) is 0.636. The zero-order valence-electron chi connectivity index (χ0n) is 15.6. The van der Waals surface area contributed by atoms with Gasteiger partial charge in [0.25, 0.3) is 5.56 Å². The Kier molecular flexibility index (Phi) is 4.66. The van der Waals surface area contributed by atoms with E-state index >= 15 is 0 Å². The molecule has 5 nitrogen and oxygen atoms in total. The van der Waals surface area contributed by atoms with Gasteiger partial charge in [0, 0.05) is 11.4 Å². The SMILES string of the molecule is COc1cc(/C=C2\CCn3c2nc2sc(C)c(C)c2c3=O)ccc1OC(F)F. The number of alkyl halides is 2. The topological polar surface area (TPSA) is 53.4 Å². The summed E-state index contributed by atoms with van der Waals surface area (Å²) in [5.41, 5.74) is 2.66. The van der Waals surface area contributed by atoms with Crippen LogP contribution in [0.1, 0.15) is 28.2 Å². The maximum absolute atomic E-state index is 12.9. The standard InChI is InChI=1S/C20H18F2N2O3S/c1-10-11(2)28-18-16(10)19(25)24-7-6-13(17(24)23-18)8-12-4-5-14(27-20(21)22)15(9-12)26-3/h4-5,8-9,20H,6-7H2,1-3H3/b13-8+. The lowest BCUT2D eigenvalue weighted by Gasteiger charge is -2.10. The molecule has 1 aliphatic rings. The number of nitrogens with zero attached hydrogens (tertiary/aromatic N) is 2. The largest absolute Gasteiger partial charge is 0.493 e. The second-order valence-electron chi connectivity index (χ2n) is 6.56. The van der Waals surface area contributed by atoms with E-state index in [1.807, 2.05) is 19.9 Å². The van der Waals surface area contributed by atoms with Crippen LogP contribution in [0.3, 0.4) is 0 Å². The van der Waals surface area contributed by atoms with Crippen LogP contribution in [0.2, 0.25) is 0 Å². The minimum Gasteiger partial charge on any atom is -0.493 e. The number of aromatic nitrogens is 2. The van der Waals surface area contributed by atoms with Crippen molar-refractivity contribution in [3.05, 3.63) is 50.4 Å². The highest BCUT2D eigenvalue weighted by atomic mass is 32.1. The van der Waals surface area contributed by atoms with Crippen LogP contribution in [0.4, 0.5) is 8.78 Å². The third-order valence-corrected chi connectivity index (χ3v) is 6.03. The Balaban J connectivity index is 1.78. The predicted molar refractivity (Wildman–Crippen MR) is 105 cm³/mol. The lowest BCUT2D eigenvalue weighted by Crippen LogP contribution is -2.20. The maximum Gasteiger partial charge on any atom is 0.387 e. The summed E-state index contributed by atoms with van der Waals surface area (Å²) < 4.78 is 36.3. The molecule has 146 valence electrons. The minimum absolute atomic E-state index is 0.0106. The van der Waals surface area contributed by atoms with Crippen molar-refractivity contribution >= 4 is 33.2 Å². The molecule has 0 fully saturated rings. The van der Waals surface area contributed by atoms with Gasteiger partial charge in [-0.2, -0.15) is 8.78 Å². The van der Waals surface area contributed by atoms with E-state index in [4.69, 9.17) is 9.72 Å². The van der Waals surface area contributed by atoms with E-state index in [-0.39, 0.29) is 17.1 Å². The summed E-state index contributed by atoms with van der Waals surface area (Å²) in [6, 6.07) is 4.75. The zero-order valence-corrected chi connectivity index (χ0v) is 16.4. The van der Waals surface area contributed by atoms with Crippen molar-refractivity contribution in [1.29, 1.82) is 0 Å². The summed E-state index contributed by atoms with van der Waals surface area (Å²) in [6.45, 7) is 1.59. The van der Waals surface area contributed by atoms with Gasteiger partial charge >= 0.3 is 6.61 Å². The number of rotatable bonds is 4. The molecular formula is C20H18F2N2O3S. The second kappa shape index (κ2) is 7.01. The van der Waals surface area contributed by atoms with Crippen molar-refractivity contribution in [2.24, 2.45) is 0 Å². The average Bonchev–Trinajstić information content (AvgIpc) is 3.17. The van der Waals surface area contributed by atoms with Gasteiger partial charge in [-0.05, 0) is 55.2 Å². The first-order valence-corrected chi connectivity index (χ1v) is 9.55. The molecule has 28 heavy (non-hydrogen) atoms. The lowest BCUT2D eigenvalue weighted by atomic mass is 10.1. The number of allylic oxidation sites excluding steroid dienone is 1. The van der Waals surface area contributed by atoms with Crippen LogP contribution >= 0.6 is 11.3 Å². The van der Waals surface area contributed by atoms with Crippen molar-refractivity contribution in [2.45, 2.75) is 33.4 Å². The van der Waals surface area contributed by atoms with Crippen LogP contribution in [0.5, 0.6) is 11.5 Å². The third kappa shape index (κ3) is 3.07. The molecule has 0 radical (unpaired) electrons. The summed E-state index contributed by atoms with van der Waals surface area (Å²) in [5, 5.41) is 0.697. The Morgan fingerprint density at radius 3 is 2.79 bits per heavy atom. The number of fused-ring (bicyclic) bond motifs is 2. The summed E-state index contributed by atoms with van der Waals surface area (Å²) in [4.78, 5) is 19.5. The summed E-state index contributed by atoms with van der Waals surface area (Å²) in [5.74, 6) is 0.857. The number of methoxy groups -OCH3 is 1. The fourth-order valence-corrected chi connectivity index (χ4v) is 4.45. The van der Waals surface area contributed by atoms with E-state index < -0.39 is 6.61 Å². The zero-order chi connectivity index (χ0) is 20.0. The van der Waals surface area contributed by atoms with Gasteiger partial charge in [0.2, 0.25) is 0 Å². The highest BCUT2D eigenvalue weighted by Gasteiger charge is 2.23. The van der Waals surface area contributed by atoms with Gasteiger partial charge in [0.05, 0.1) is 12.5 Å². The fourth-order valence-electron chi connectivity index (χ4n) is 3.43. The van der Waals surface area contributed by atoms with Gasteiger partial charge in [-0.3, -0.25) is 9.36 Å². The Labute approximate surface area is 163 Å². The molecule has 4 rings (SSSR count). The molecule has 8 heteroatoms. The Morgan fingerprint density at radius 1 is 1.29 bits per heavy atom. The van der Waals surface area contributed by atoms with Crippen LogP contribution < -0.4 is 15.0 Å². The monoisotopic (exact) mass is 404 g/mol. The number of halogens is 2. The normalized spacial score (nSPS) is 14.9. The summed E-state index contributed by atoms with van der Waals surface area (Å²) in [7, 11) is 1.40. The van der Waals surface area contributed by atoms with Crippen LogP contribution in [-0.4, -0.2) is 23.3 Å². The van der Waals surface area contributed by atoms with Crippen molar-refractivity contribution in [3.63, 3.8) is 0 Å². The molecule has 0 bridgehead atoms. The number of thiophene rings is 1. The van der Waals surface area contributed by atoms with Gasteiger partial charge in [-0.15, -0.1) is 11.3 Å². The first kappa shape index (κ1) is 18.6. The van der Waals surface area contributed by atoms with E-state index in [2.05, 4.69) is 4.74 Å². The Bertz CT molecular complexity index is 1160.